The molecule has 35 heavy (non-hydrogen) atoms. The summed E-state index contributed by atoms with van der Waals surface area (Å²) in [5.41, 5.74) is 4.39. The Balaban J connectivity index is 1.19. The molecule has 1 atom stereocenters. The molecule has 4 aromatic rings. The monoisotopic (exact) mass is 463 g/mol. The van der Waals surface area contributed by atoms with Crippen LogP contribution in [0.3, 0.4) is 0 Å². The van der Waals surface area contributed by atoms with Gasteiger partial charge in [0.15, 0.2) is 0 Å². The number of imidazole rings is 1. The Bertz CT molecular complexity index is 1410. The van der Waals surface area contributed by atoms with Crippen LogP contribution < -0.4 is 10.2 Å². The van der Waals surface area contributed by atoms with Crippen molar-refractivity contribution in [3.8, 4) is 11.1 Å². The summed E-state index contributed by atoms with van der Waals surface area (Å²) in [6.45, 7) is 1.37. The first-order chi connectivity index (χ1) is 17.1. The molecule has 6 rings (SSSR count). The van der Waals surface area contributed by atoms with Gasteiger partial charge in [-0.2, -0.15) is 0 Å². The molecule has 0 spiro atoms. The lowest BCUT2D eigenvalue weighted by atomic mass is 10.0. The van der Waals surface area contributed by atoms with Gasteiger partial charge in [0.05, 0.1) is 13.0 Å². The zero-order valence-corrected chi connectivity index (χ0v) is 19.2. The molecule has 1 unspecified atom stereocenters. The molecule has 0 aliphatic carbocycles. The van der Waals surface area contributed by atoms with Crippen LogP contribution in [0, 0.1) is 0 Å². The van der Waals surface area contributed by atoms with Crippen LogP contribution in [0.25, 0.3) is 11.1 Å². The summed E-state index contributed by atoms with van der Waals surface area (Å²) < 4.78 is 2.13. The van der Waals surface area contributed by atoms with E-state index in [4.69, 9.17) is 0 Å². The van der Waals surface area contributed by atoms with E-state index in [1.54, 1.807) is 11.1 Å². The van der Waals surface area contributed by atoms with E-state index in [1.807, 2.05) is 73.1 Å². The number of nitrogens with one attached hydrogen (secondary N) is 1. The van der Waals surface area contributed by atoms with Gasteiger partial charge in [0.25, 0.3) is 5.91 Å². The molecule has 174 valence electrons. The van der Waals surface area contributed by atoms with Crippen LogP contribution in [0.4, 0.5) is 5.82 Å². The molecule has 7 heteroatoms. The Hall–Kier alpha value is -4.26. The summed E-state index contributed by atoms with van der Waals surface area (Å²) in [6.07, 6.45) is 7.53. The number of anilines is 1. The number of aryl methyl sites for hydroxylation is 1. The van der Waals surface area contributed by atoms with Crippen molar-refractivity contribution in [3.63, 3.8) is 0 Å². The highest BCUT2D eigenvalue weighted by molar-refractivity contribution is 6.00. The SMILES string of the molecule is O=C(NC1CCn2ccnc2C1)c1cccc(-c2cnc3c(c2)CC(=O)N3Cc2ccccc2)c1. The third-order valence-corrected chi connectivity index (χ3v) is 6.77. The van der Waals surface area contributed by atoms with E-state index in [0.29, 0.717) is 24.3 Å². The van der Waals surface area contributed by atoms with Crippen LogP contribution in [-0.4, -0.2) is 32.4 Å². The molecule has 4 heterocycles. The average Bonchev–Trinajstić information content (AvgIpc) is 3.48. The number of carbonyl (C=O) groups excluding carboxylic acids is 2. The predicted molar refractivity (Wildman–Crippen MR) is 133 cm³/mol. The van der Waals surface area contributed by atoms with Crippen LogP contribution in [0.15, 0.2) is 79.3 Å². The normalized spacial score (nSPS) is 16.6. The Labute approximate surface area is 203 Å². The van der Waals surface area contributed by atoms with E-state index < -0.39 is 0 Å². The molecular formula is C28H25N5O2. The Morgan fingerprint density at radius 3 is 2.80 bits per heavy atom. The molecule has 0 bridgehead atoms. The van der Waals surface area contributed by atoms with Gasteiger partial charge in [0.2, 0.25) is 5.91 Å². The predicted octanol–water partition coefficient (Wildman–Crippen LogP) is 3.78. The summed E-state index contributed by atoms with van der Waals surface area (Å²) in [4.78, 5) is 36.5. The van der Waals surface area contributed by atoms with Crippen molar-refractivity contribution >= 4 is 17.6 Å². The Morgan fingerprint density at radius 2 is 1.91 bits per heavy atom. The van der Waals surface area contributed by atoms with Gasteiger partial charge in [-0.1, -0.05) is 42.5 Å². The minimum absolute atomic E-state index is 0.0507. The van der Waals surface area contributed by atoms with E-state index in [0.717, 1.165) is 47.5 Å². The lowest BCUT2D eigenvalue weighted by molar-refractivity contribution is -0.117. The fourth-order valence-corrected chi connectivity index (χ4v) is 4.92. The molecule has 0 saturated carbocycles. The van der Waals surface area contributed by atoms with Crippen molar-refractivity contribution in [2.24, 2.45) is 0 Å². The van der Waals surface area contributed by atoms with Crippen LogP contribution in [0.1, 0.15) is 33.7 Å². The number of rotatable bonds is 5. The maximum Gasteiger partial charge on any atom is 0.251 e. The molecule has 2 aromatic carbocycles. The van der Waals surface area contributed by atoms with Gasteiger partial charge in [-0.15, -0.1) is 0 Å². The minimum atomic E-state index is -0.0878. The molecule has 7 nitrogen and oxygen atoms in total. The fraction of sp³-hybridized carbons (Fsp3) is 0.214. The quantitative estimate of drug-likeness (QED) is 0.489. The van der Waals surface area contributed by atoms with Gasteiger partial charge < -0.3 is 9.88 Å². The number of pyridine rings is 1. The molecule has 2 aliphatic rings. The van der Waals surface area contributed by atoms with Gasteiger partial charge in [-0.3, -0.25) is 14.5 Å². The molecule has 1 N–H and O–H groups in total. The minimum Gasteiger partial charge on any atom is -0.349 e. The van der Waals surface area contributed by atoms with Gasteiger partial charge in [-0.25, -0.2) is 9.97 Å². The summed E-state index contributed by atoms with van der Waals surface area (Å²) in [5.74, 6) is 1.69. The topological polar surface area (TPSA) is 80.1 Å². The van der Waals surface area contributed by atoms with Crippen LogP contribution >= 0.6 is 0 Å². The second kappa shape index (κ2) is 8.83. The van der Waals surface area contributed by atoms with Gasteiger partial charge in [0, 0.05) is 54.3 Å². The highest BCUT2D eigenvalue weighted by Crippen LogP contribution is 2.32. The summed E-state index contributed by atoms with van der Waals surface area (Å²) in [6, 6.07) is 19.6. The molecule has 2 aromatic heterocycles. The molecule has 0 saturated heterocycles. The number of hydrogen-bond donors (Lipinski definition) is 1. The summed E-state index contributed by atoms with van der Waals surface area (Å²) in [7, 11) is 0. The van der Waals surface area contributed by atoms with Crippen molar-refractivity contribution in [3.05, 3.63) is 102 Å². The number of fused-ring (bicyclic) bond motifs is 2. The van der Waals surface area contributed by atoms with Crippen molar-refractivity contribution in [2.75, 3.05) is 4.90 Å². The fourth-order valence-electron chi connectivity index (χ4n) is 4.92. The van der Waals surface area contributed by atoms with Crippen LogP contribution in [-0.2, 0) is 30.7 Å². The van der Waals surface area contributed by atoms with Crippen molar-refractivity contribution < 1.29 is 9.59 Å². The molecule has 2 amide bonds. The molecular weight excluding hydrogens is 438 g/mol. The van der Waals surface area contributed by atoms with Gasteiger partial charge >= 0.3 is 0 Å². The standard InChI is InChI=1S/C28H25N5O2/c34-26-15-22-14-23(17-30-27(22)33(26)18-19-5-2-1-3-6-19)20-7-4-8-21(13-20)28(35)31-24-9-11-32-12-10-29-25(32)16-24/h1-8,10,12-14,17,24H,9,11,15-16,18H2,(H,31,35). The Kier molecular flexibility index (Phi) is 5.37. The zero-order chi connectivity index (χ0) is 23.8. The van der Waals surface area contributed by atoms with Gasteiger partial charge in [-0.05, 0) is 35.7 Å². The molecule has 2 aliphatic heterocycles. The third-order valence-electron chi connectivity index (χ3n) is 6.77. The molecule has 0 fully saturated rings. The van der Waals surface area contributed by atoms with Crippen LogP contribution in [0.5, 0.6) is 0 Å². The van der Waals surface area contributed by atoms with E-state index in [2.05, 4.69) is 19.9 Å². The smallest absolute Gasteiger partial charge is 0.251 e. The van der Waals surface area contributed by atoms with Crippen molar-refractivity contribution in [2.45, 2.75) is 38.4 Å². The number of benzene rings is 2. The zero-order valence-electron chi connectivity index (χ0n) is 19.2. The number of carbonyl (C=O) groups is 2. The first-order valence-electron chi connectivity index (χ1n) is 11.9. The second-order valence-electron chi connectivity index (χ2n) is 9.13. The van der Waals surface area contributed by atoms with Crippen LogP contribution in [0.2, 0.25) is 0 Å². The first kappa shape index (κ1) is 21.3. The number of amides is 2. The summed E-state index contributed by atoms with van der Waals surface area (Å²) in [5, 5.41) is 3.16. The van der Waals surface area contributed by atoms with Gasteiger partial charge in [0.1, 0.15) is 11.6 Å². The Morgan fingerprint density at radius 1 is 1.03 bits per heavy atom. The van der Waals surface area contributed by atoms with Crippen molar-refractivity contribution in [1.82, 2.24) is 19.9 Å². The van der Waals surface area contributed by atoms with E-state index >= 15 is 0 Å². The maximum absolute atomic E-state index is 13.0. The van der Waals surface area contributed by atoms with E-state index in [9.17, 15) is 9.59 Å². The molecule has 0 radical (unpaired) electrons. The lowest BCUT2D eigenvalue weighted by Gasteiger charge is -2.24. The lowest BCUT2D eigenvalue weighted by Crippen LogP contribution is -2.40. The third kappa shape index (κ3) is 4.21. The average molecular weight is 464 g/mol. The van der Waals surface area contributed by atoms with Crippen molar-refractivity contribution in [1.29, 1.82) is 0 Å². The van der Waals surface area contributed by atoms with E-state index in [-0.39, 0.29) is 17.9 Å². The number of hydrogen-bond acceptors (Lipinski definition) is 4. The highest BCUT2D eigenvalue weighted by atomic mass is 16.2. The van der Waals surface area contributed by atoms with E-state index in [1.165, 1.54) is 0 Å². The summed E-state index contributed by atoms with van der Waals surface area (Å²) >= 11 is 0. The second-order valence-corrected chi connectivity index (χ2v) is 9.13. The first-order valence-corrected chi connectivity index (χ1v) is 11.9. The number of nitrogens with zero attached hydrogens (tertiary/aromatic N) is 4. The maximum atomic E-state index is 13.0. The highest BCUT2D eigenvalue weighted by Gasteiger charge is 2.29. The number of aromatic nitrogens is 3. The largest absolute Gasteiger partial charge is 0.349 e.